The van der Waals surface area contributed by atoms with Gasteiger partial charge in [0.25, 0.3) is 0 Å². The normalized spacial score (nSPS) is 18.9. The molecule has 1 aromatic rings. The second-order valence-corrected chi connectivity index (χ2v) is 5.62. The zero-order valence-electron chi connectivity index (χ0n) is 9.93. The molecule has 1 aliphatic rings. The highest BCUT2D eigenvalue weighted by Crippen LogP contribution is 2.36. The molecule has 0 spiro atoms. The molecule has 0 aromatic heterocycles. The molecule has 0 unspecified atom stereocenters. The van der Waals surface area contributed by atoms with E-state index in [1.54, 1.807) is 0 Å². The number of benzene rings is 1. The molecule has 1 aromatic carbocycles. The average Bonchev–Trinajstić information content (AvgIpc) is 2.68. The first-order valence-corrected chi connectivity index (χ1v) is 6.52. The SMILES string of the molecule is CC1(CNCc2ccccc2Cl)CCCC1. The first-order chi connectivity index (χ1) is 7.70. The lowest BCUT2D eigenvalue weighted by Crippen LogP contribution is -2.29. The fourth-order valence-corrected chi connectivity index (χ4v) is 2.75. The van der Waals surface area contributed by atoms with Crippen molar-refractivity contribution >= 4 is 11.6 Å². The Balaban J connectivity index is 1.82. The van der Waals surface area contributed by atoms with Crippen molar-refractivity contribution in [2.24, 2.45) is 5.41 Å². The molecule has 2 heteroatoms. The summed E-state index contributed by atoms with van der Waals surface area (Å²) in [6, 6.07) is 8.06. The van der Waals surface area contributed by atoms with Gasteiger partial charge in [-0.25, -0.2) is 0 Å². The van der Waals surface area contributed by atoms with Crippen LogP contribution in [0.2, 0.25) is 5.02 Å². The van der Waals surface area contributed by atoms with Gasteiger partial charge in [0.15, 0.2) is 0 Å². The van der Waals surface area contributed by atoms with Crippen LogP contribution in [-0.4, -0.2) is 6.54 Å². The molecule has 1 fully saturated rings. The molecule has 0 heterocycles. The number of halogens is 1. The zero-order chi connectivity index (χ0) is 11.4. The first kappa shape index (κ1) is 11.9. The van der Waals surface area contributed by atoms with Crippen molar-refractivity contribution in [2.75, 3.05) is 6.54 Å². The van der Waals surface area contributed by atoms with E-state index in [2.05, 4.69) is 18.3 Å². The monoisotopic (exact) mass is 237 g/mol. The van der Waals surface area contributed by atoms with Crippen molar-refractivity contribution in [3.8, 4) is 0 Å². The zero-order valence-corrected chi connectivity index (χ0v) is 10.7. The van der Waals surface area contributed by atoms with Crippen LogP contribution in [0.15, 0.2) is 24.3 Å². The Hall–Kier alpha value is -0.530. The van der Waals surface area contributed by atoms with Gasteiger partial charge in [-0.05, 0) is 29.9 Å². The van der Waals surface area contributed by atoms with Gasteiger partial charge in [0.2, 0.25) is 0 Å². The Bertz CT molecular complexity index is 342. The van der Waals surface area contributed by atoms with Crippen LogP contribution < -0.4 is 5.32 Å². The molecule has 16 heavy (non-hydrogen) atoms. The molecule has 0 atom stereocenters. The molecule has 88 valence electrons. The highest BCUT2D eigenvalue weighted by Gasteiger charge is 2.27. The third-order valence-corrected chi connectivity index (χ3v) is 4.00. The van der Waals surface area contributed by atoms with E-state index in [9.17, 15) is 0 Å². The Morgan fingerprint density at radius 3 is 2.62 bits per heavy atom. The van der Waals surface area contributed by atoms with Gasteiger partial charge in [-0.15, -0.1) is 0 Å². The molecule has 0 radical (unpaired) electrons. The number of rotatable bonds is 4. The minimum Gasteiger partial charge on any atom is -0.312 e. The van der Waals surface area contributed by atoms with Gasteiger partial charge < -0.3 is 5.32 Å². The topological polar surface area (TPSA) is 12.0 Å². The maximum Gasteiger partial charge on any atom is 0.0450 e. The van der Waals surface area contributed by atoms with Crippen molar-refractivity contribution in [3.05, 3.63) is 34.9 Å². The standard InChI is InChI=1S/C14H20ClN/c1-14(8-4-5-9-14)11-16-10-12-6-2-3-7-13(12)15/h2-3,6-7,16H,4-5,8-11H2,1H3. The predicted octanol–water partition coefficient (Wildman–Crippen LogP) is 4.01. The molecular formula is C14H20ClN. The van der Waals surface area contributed by atoms with E-state index in [1.165, 1.54) is 31.2 Å². The van der Waals surface area contributed by atoms with Gasteiger partial charge >= 0.3 is 0 Å². The van der Waals surface area contributed by atoms with Crippen LogP contribution in [-0.2, 0) is 6.54 Å². The summed E-state index contributed by atoms with van der Waals surface area (Å²) in [7, 11) is 0. The minimum atomic E-state index is 0.515. The summed E-state index contributed by atoms with van der Waals surface area (Å²) in [5.74, 6) is 0. The van der Waals surface area contributed by atoms with Crippen molar-refractivity contribution in [1.82, 2.24) is 5.32 Å². The van der Waals surface area contributed by atoms with E-state index in [-0.39, 0.29) is 0 Å². The molecule has 0 bridgehead atoms. The van der Waals surface area contributed by atoms with Crippen molar-refractivity contribution in [3.63, 3.8) is 0 Å². The van der Waals surface area contributed by atoms with Crippen LogP contribution in [0.1, 0.15) is 38.2 Å². The molecule has 1 N–H and O–H groups in total. The molecule has 0 aliphatic heterocycles. The largest absolute Gasteiger partial charge is 0.312 e. The van der Waals surface area contributed by atoms with Crippen LogP contribution in [0.5, 0.6) is 0 Å². The second kappa shape index (κ2) is 5.20. The van der Waals surface area contributed by atoms with E-state index < -0.39 is 0 Å². The number of hydrogen-bond donors (Lipinski definition) is 1. The minimum absolute atomic E-state index is 0.515. The van der Waals surface area contributed by atoms with E-state index in [0.29, 0.717) is 5.41 Å². The molecule has 0 saturated heterocycles. The van der Waals surface area contributed by atoms with E-state index in [4.69, 9.17) is 11.6 Å². The second-order valence-electron chi connectivity index (χ2n) is 5.21. The Morgan fingerprint density at radius 2 is 1.94 bits per heavy atom. The predicted molar refractivity (Wildman–Crippen MR) is 69.7 cm³/mol. The maximum atomic E-state index is 6.11. The smallest absolute Gasteiger partial charge is 0.0450 e. The van der Waals surface area contributed by atoms with Gasteiger partial charge in [-0.2, -0.15) is 0 Å². The Labute approximate surface area is 103 Å². The summed E-state index contributed by atoms with van der Waals surface area (Å²) < 4.78 is 0. The lowest BCUT2D eigenvalue weighted by Gasteiger charge is -2.23. The molecule has 1 aliphatic carbocycles. The summed E-state index contributed by atoms with van der Waals surface area (Å²) in [6.45, 7) is 4.38. The van der Waals surface area contributed by atoms with Crippen LogP contribution >= 0.6 is 11.6 Å². The van der Waals surface area contributed by atoms with Crippen LogP contribution in [0, 0.1) is 5.41 Å². The maximum absolute atomic E-state index is 6.11. The average molecular weight is 238 g/mol. The van der Waals surface area contributed by atoms with E-state index >= 15 is 0 Å². The summed E-state index contributed by atoms with van der Waals surface area (Å²) >= 11 is 6.11. The quantitative estimate of drug-likeness (QED) is 0.835. The molecular weight excluding hydrogens is 218 g/mol. The van der Waals surface area contributed by atoms with Gasteiger partial charge in [-0.3, -0.25) is 0 Å². The van der Waals surface area contributed by atoms with E-state index in [0.717, 1.165) is 18.1 Å². The number of hydrogen-bond acceptors (Lipinski definition) is 1. The third kappa shape index (κ3) is 2.99. The molecule has 1 saturated carbocycles. The summed E-state index contributed by atoms with van der Waals surface area (Å²) in [4.78, 5) is 0. The highest BCUT2D eigenvalue weighted by atomic mass is 35.5. The van der Waals surface area contributed by atoms with Crippen LogP contribution in [0.25, 0.3) is 0 Å². The van der Waals surface area contributed by atoms with E-state index in [1.807, 2.05) is 18.2 Å². The summed E-state index contributed by atoms with van der Waals surface area (Å²) in [5, 5.41) is 4.41. The molecule has 2 rings (SSSR count). The Morgan fingerprint density at radius 1 is 1.25 bits per heavy atom. The van der Waals surface area contributed by atoms with Gasteiger partial charge in [0.1, 0.15) is 0 Å². The van der Waals surface area contributed by atoms with Crippen molar-refractivity contribution in [2.45, 2.75) is 39.2 Å². The van der Waals surface area contributed by atoms with Crippen molar-refractivity contribution < 1.29 is 0 Å². The van der Waals surface area contributed by atoms with Crippen LogP contribution in [0.3, 0.4) is 0 Å². The lowest BCUT2D eigenvalue weighted by molar-refractivity contribution is 0.314. The van der Waals surface area contributed by atoms with Crippen molar-refractivity contribution in [1.29, 1.82) is 0 Å². The summed E-state index contributed by atoms with van der Waals surface area (Å²) in [6.07, 6.45) is 5.51. The fraction of sp³-hybridized carbons (Fsp3) is 0.571. The Kier molecular flexibility index (Phi) is 3.88. The van der Waals surface area contributed by atoms with Gasteiger partial charge in [0, 0.05) is 18.1 Å². The third-order valence-electron chi connectivity index (χ3n) is 3.64. The lowest BCUT2D eigenvalue weighted by atomic mass is 9.89. The first-order valence-electron chi connectivity index (χ1n) is 6.14. The molecule has 0 amide bonds. The highest BCUT2D eigenvalue weighted by molar-refractivity contribution is 6.31. The van der Waals surface area contributed by atoms with Crippen LogP contribution in [0.4, 0.5) is 0 Å². The van der Waals surface area contributed by atoms with Gasteiger partial charge in [-0.1, -0.05) is 49.6 Å². The number of nitrogens with one attached hydrogen (secondary N) is 1. The van der Waals surface area contributed by atoms with Gasteiger partial charge in [0.05, 0.1) is 0 Å². The fourth-order valence-electron chi connectivity index (χ4n) is 2.55. The summed E-state index contributed by atoms with van der Waals surface area (Å²) in [5.41, 5.74) is 1.71. The molecule has 1 nitrogen and oxygen atoms in total.